The lowest BCUT2D eigenvalue weighted by Crippen LogP contribution is -2.16. The fourth-order valence-electron chi connectivity index (χ4n) is 1.52. The first-order valence-corrected chi connectivity index (χ1v) is 7.38. The zero-order chi connectivity index (χ0) is 14.8. The summed E-state index contributed by atoms with van der Waals surface area (Å²) >= 11 is 6.53. The molecule has 8 heteroatoms. The molecule has 0 amide bonds. The van der Waals surface area contributed by atoms with E-state index in [0.29, 0.717) is 33.6 Å². The van der Waals surface area contributed by atoms with Gasteiger partial charge in [-0.25, -0.2) is 4.98 Å². The van der Waals surface area contributed by atoms with Crippen LogP contribution in [0.3, 0.4) is 0 Å². The second-order valence-corrected chi connectivity index (χ2v) is 5.28. The molecule has 0 radical (unpaired) electrons. The molecule has 0 N–H and O–H groups in total. The van der Waals surface area contributed by atoms with Crippen molar-refractivity contribution in [1.82, 2.24) is 4.98 Å². The number of aryl methyl sites for hydroxylation is 1. The van der Waals surface area contributed by atoms with Gasteiger partial charge in [0.1, 0.15) is 5.75 Å². The molecule has 1 aromatic carbocycles. The molecule has 0 saturated heterocycles. The zero-order valence-electron chi connectivity index (χ0n) is 9.88. The second kappa shape index (κ2) is 6.17. The number of halogens is 5. The summed E-state index contributed by atoms with van der Waals surface area (Å²) < 4.78 is 46.0. The predicted octanol–water partition coefficient (Wildman–Crippen LogP) is 4.94. The molecule has 0 aliphatic rings. The number of hydrogen-bond acceptors (Lipinski definition) is 3. The fourth-order valence-corrected chi connectivity index (χ4v) is 2.36. The van der Waals surface area contributed by atoms with Gasteiger partial charge in [0, 0.05) is 17.3 Å². The molecule has 3 nitrogen and oxygen atoms in total. The Morgan fingerprint density at radius 2 is 1.85 bits per heavy atom. The first-order chi connectivity index (χ1) is 9.39. The number of ether oxygens (including phenoxy) is 1. The van der Waals surface area contributed by atoms with Crippen LogP contribution < -0.4 is 4.74 Å². The molecule has 1 heterocycles. The average molecular weight is 415 g/mol. The summed E-state index contributed by atoms with van der Waals surface area (Å²) in [4.78, 5) is 4.17. The molecule has 108 valence electrons. The normalized spacial score (nSPS) is 11.7. The van der Waals surface area contributed by atoms with Gasteiger partial charge in [0.05, 0.1) is 0 Å². The maximum absolute atomic E-state index is 12.1. The number of hydrogen-bond donors (Lipinski definition) is 0. The minimum absolute atomic E-state index is 0.280. The predicted molar refractivity (Wildman–Crippen MR) is 73.8 cm³/mol. The van der Waals surface area contributed by atoms with Crippen molar-refractivity contribution in [2.45, 2.75) is 12.8 Å². The van der Waals surface area contributed by atoms with Gasteiger partial charge in [0.15, 0.2) is 16.3 Å². The Morgan fingerprint density at radius 3 is 2.40 bits per heavy atom. The Kier molecular flexibility index (Phi) is 4.74. The standard InChI is InChI=1S/C12H8Br2F3NO2/c13-6-5-9-18-11(14)10(19-9)7-1-3-8(4-2-7)20-12(15,16)17/h1-4H,5-6H2. The summed E-state index contributed by atoms with van der Waals surface area (Å²) in [6.07, 6.45) is -4.08. The van der Waals surface area contributed by atoms with Crippen molar-refractivity contribution < 1.29 is 22.3 Å². The largest absolute Gasteiger partial charge is 0.573 e. The molecule has 0 spiro atoms. The summed E-state index contributed by atoms with van der Waals surface area (Å²) in [7, 11) is 0. The van der Waals surface area contributed by atoms with E-state index in [1.54, 1.807) is 0 Å². The molecule has 0 unspecified atom stereocenters. The van der Waals surface area contributed by atoms with Crippen molar-refractivity contribution in [1.29, 1.82) is 0 Å². The van der Waals surface area contributed by atoms with E-state index in [1.165, 1.54) is 24.3 Å². The lowest BCUT2D eigenvalue weighted by atomic mass is 10.2. The van der Waals surface area contributed by atoms with Gasteiger partial charge in [0.25, 0.3) is 0 Å². The van der Waals surface area contributed by atoms with Crippen LogP contribution in [0.2, 0.25) is 0 Å². The van der Waals surface area contributed by atoms with Gasteiger partial charge in [-0.05, 0) is 40.2 Å². The van der Waals surface area contributed by atoms with Crippen LogP contribution in [0.5, 0.6) is 5.75 Å². The third kappa shape index (κ3) is 3.99. The highest BCUT2D eigenvalue weighted by molar-refractivity contribution is 9.10. The monoisotopic (exact) mass is 413 g/mol. The van der Waals surface area contributed by atoms with Crippen LogP contribution in [0, 0.1) is 0 Å². The summed E-state index contributed by atoms with van der Waals surface area (Å²) in [5.41, 5.74) is 0.611. The highest BCUT2D eigenvalue weighted by Gasteiger charge is 2.31. The highest BCUT2D eigenvalue weighted by Crippen LogP contribution is 2.31. The van der Waals surface area contributed by atoms with Crippen LogP contribution in [0.25, 0.3) is 11.3 Å². The molecule has 0 aliphatic carbocycles. The van der Waals surface area contributed by atoms with E-state index in [-0.39, 0.29) is 5.75 Å². The van der Waals surface area contributed by atoms with Gasteiger partial charge in [-0.3, -0.25) is 0 Å². The van der Waals surface area contributed by atoms with E-state index in [0.717, 1.165) is 0 Å². The minimum Gasteiger partial charge on any atom is -0.439 e. The Morgan fingerprint density at radius 1 is 1.20 bits per heavy atom. The van der Waals surface area contributed by atoms with Crippen molar-refractivity contribution in [3.63, 3.8) is 0 Å². The van der Waals surface area contributed by atoms with Crippen molar-refractivity contribution in [3.05, 3.63) is 34.8 Å². The van der Waals surface area contributed by atoms with E-state index in [1.807, 2.05) is 0 Å². The Bertz CT molecular complexity index is 581. The topological polar surface area (TPSA) is 35.3 Å². The summed E-state index contributed by atoms with van der Waals surface area (Å²) in [5.74, 6) is 0.733. The van der Waals surface area contributed by atoms with Gasteiger partial charge in [-0.1, -0.05) is 15.9 Å². The number of oxazole rings is 1. The van der Waals surface area contributed by atoms with E-state index >= 15 is 0 Å². The molecular formula is C12H8Br2F3NO2. The quantitative estimate of drug-likeness (QED) is 0.664. The van der Waals surface area contributed by atoms with E-state index in [2.05, 4.69) is 41.6 Å². The van der Waals surface area contributed by atoms with Gasteiger partial charge >= 0.3 is 6.36 Å². The average Bonchev–Trinajstić information content (AvgIpc) is 2.70. The molecule has 0 atom stereocenters. The van der Waals surface area contributed by atoms with Crippen molar-refractivity contribution in [2.75, 3.05) is 5.33 Å². The maximum atomic E-state index is 12.1. The van der Waals surface area contributed by atoms with Crippen LogP contribution in [0.1, 0.15) is 5.89 Å². The molecule has 0 aliphatic heterocycles. The first kappa shape index (κ1) is 15.4. The zero-order valence-corrected chi connectivity index (χ0v) is 13.0. The van der Waals surface area contributed by atoms with Crippen LogP contribution in [0.4, 0.5) is 13.2 Å². The number of benzene rings is 1. The van der Waals surface area contributed by atoms with E-state index in [9.17, 15) is 13.2 Å². The summed E-state index contributed by atoms with van der Waals surface area (Å²) in [5, 5.41) is 0.706. The molecule has 2 rings (SSSR count). The molecule has 0 fully saturated rings. The van der Waals surface area contributed by atoms with Crippen LogP contribution >= 0.6 is 31.9 Å². The van der Waals surface area contributed by atoms with Gasteiger partial charge in [-0.2, -0.15) is 0 Å². The molecule has 2 aromatic rings. The van der Waals surface area contributed by atoms with Crippen molar-refractivity contribution in [2.24, 2.45) is 0 Å². The van der Waals surface area contributed by atoms with Gasteiger partial charge in [-0.15, -0.1) is 13.2 Å². The number of aromatic nitrogens is 1. The van der Waals surface area contributed by atoms with Crippen molar-refractivity contribution >= 4 is 31.9 Å². The number of nitrogens with zero attached hydrogens (tertiary/aromatic N) is 1. The highest BCUT2D eigenvalue weighted by atomic mass is 79.9. The lowest BCUT2D eigenvalue weighted by molar-refractivity contribution is -0.274. The fraction of sp³-hybridized carbons (Fsp3) is 0.250. The molecule has 0 saturated carbocycles. The molecule has 0 bridgehead atoms. The SMILES string of the molecule is FC(F)(F)Oc1ccc(-c2oc(CCBr)nc2Br)cc1. The van der Waals surface area contributed by atoms with Crippen LogP contribution in [-0.4, -0.2) is 16.7 Å². The summed E-state index contributed by atoms with van der Waals surface area (Å²) in [6, 6.07) is 5.40. The third-order valence-electron chi connectivity index (χ3n) is 2.29. The van der Waals surface area contributed by atoms with E-state index < -0.39 is 6.36 Å². The molecule has 1 aromatic heterocycles. The van der Waals surface area contributed by atoms with Gasteiger partial charge in [0.2, 0.25) is 0 Å². The smallest absolute Gasteiger partial charge is 0.439 e. The van der Waals surface area contributed by atoms with E-state index in [4.69, 9.17) is 4.42 Å². The minimum atomic E-state index is -4.70. The maximum Gasteiger partial charge on any atom is 0.573 e. The first-order valence-electron chi connectivity index (χ1n) is 5.46. The Balaban J connectivity index is 2.21. The van der Waals surface area contributed by atoms with Crippen molar-refractivity contribution in [3.8, 4) is 17.1 Å². The summed E-state index contributed by atoms with van der Waals surface area (Å²) in [6.45, 7) is 0. The van der Waals surface area contributed by atoms with Gasteiger partial charge < -0.3 is 9.15 Å². The van der Waals surface area contributed by atoms with Crippen LogP contribution in [-0.2, 0) is 6.42 Å². The number of rotatable bonds is 4. The third-order valence-corrected chi connectivity index (χ3v) is 3.22. The molecule has 20 heavy (non-hydrogen) atoms. The lowest BCUT2D eigenvalue weighted by Gasteiger charge is -2.08. The second-order valence-electron chi connectivity index (χ2n) is 3.74. The Labute approximate surface area is 129 Å². The Hall–Kier alpha value is -1.02. The molecular weight excluding hydrogens is 407 g/mol. The number of alkyl halides is 4. The van der Waals surface area contributed by atoms with Crippen LogP contribution in [0.15, 0.2) is 33.3 Å².